The first-order valence-electron chi connectivity index (χ1n) is 8.61. The number of hydrogen-bond acceptors (Lipinski definition) is 5. The normalized spacial score (nSPS) is 17.2. The molecule has 0 saturated carbocycles. The van der Waals surface area contributed by atoms with Gasteiger partial charge < -0.3 is 14.4 Å². The molecule has 2 aromatic rings. The van der Waals surface area contributed by atoms with Crippen molar-refractivity contribution in [3.63, 3.8) is 0 Å². The molecule has 0 N–H and O–H groups in total. The van der Waals surface area contributed by atoms with E-state index in [1.54, 1.807) is 19.5 Å². The average molecular weight is 341 g/mol. The number of rotatable bonds is 5. The lowest BCUT2D eigenvalue weighted by Gasteiger charge is -2.32. The van der Waals surface area contributed by atoms with Gasteiger partial charge in [-0.25, -0.2) is 4.98 Å². The molecule has 6 nitrogen and oxygen atoms in total. The molecule has 1 aliphatic heterocycles. The first kappa shape index (κ1) is 17.2. The number of benzene rings is 1. The van der Waals surface area contributed by atoms with Crippen LogP contribution in [0.15, 0.2) is 36.7 Å². The average Bonchev–Trinajstić information content (AvgIpc) is 2.68. The SMILES string of the molecule is CCC(=O)N1CCCC(c2cncc(Oc3ccccc3OC)n2)C1. The highest BCUT2D eigenvalue weighted by Gasteiger charge is 2.25. The zero-order valence-electron chi connectivity index (χ0n) is 14.6. The second-order valence-electron chi connectivity index (χ2n) is 6.07. The van der Waals surface area contributed by atoms with E-state index in [-0.39, 0.29) is 11.8 Å². The zero-order valence-corrected chi connectivity index (χ0v) is 14.6. The Morgan fingerprint density at radius 2 is 2.08 bits per heavy atom. The fraction of sp³-hybridized carbons (Fsp3) is 0.421. The fourth-order valence-corrected chi connectivity index (χ4v) is 3.09. The molecule has 1 aliphatic rings. The van der Waals surface area contributed by atoms with E-state index in [4.69, 9.17) is 9.47 Å². The van der Waals surface area contributed by atoms with Crippen molar-refractivity contribution >= 4 is 5.91 Å². The Morgan fingerprint density at radius 3 is 2.84 bits per heavy atom. The van der Waals surface area contributed by atoms with Crippen LogP contribution in [-0.2, 0) is 4.79 Å². The van der Waals surface area contributed by atoms with Gasteiger partial charge in [-0.3, -0.25) is 9.78 Å². The van der Waals surface area contributed by atoms with E-state index in [2.05, 4.69) is 9.97 Å². The van der Waals surface area contributed by atoms with Crippen LogP contribution >= 0.6 is 0 Å². The van der Waals surface area contributed by atoms with Gasteiger partial charge in [0.05, 0.1) is 19.0 Å². The summed E-state index contributed by atoms with van der Waals surface area (Å²) in [6.45, 7) is 3.42. The van der Waals surface area contributed by atoms with Crippen LogP contribution in [0.4, 0.5) is 0 Å². The third-order valence-corrected chi connectivity index (χ3v) is 4.41. The lowest BCUT2D eigenvalue weighted by molar-refractivity contribution is -0.132. The van der Waals surface area contributed by atoms with Crippen molar-refractivity contribution in [2.75, 3.05) is 20.2 Å². The van der Waals surface area contributed by atoms with E-state index in [1.807, 2.05) is 36.1 Å². The molecule has 1 saturated heterocycles. The van der Waals surface area contributed by atoms with E-state index in [0.29, 0.717) is 30.3 Å². The number of nitrogens with zero attached hydrogens (tertiary/aromatic N) is 3. The van der Waals surface area contributed by atoms with Gasteiger partial charge in [-0.1, -0.05) is 19.1 Å². The molecule has 2 heterocycles. The fourth-order valence-electron chi connectivity index (χ4n) is 3.09. The molecular formula is C19H23N3O3. The summed E-state index contributed by atoms with van der Waals surface area (Å²) in [7, 11) is 1.60. The Kier molecular flexibility index (Phi) is 5.48. The summed E-state index contributed by atoms with van der Waals surface area (Å²) in [5.74, 6) is 2.06. The number of carbonyl (C=O) groups excluding carboxylic acids is 1. The second-order valence-corrected chi connectivity index (χ2v) is 6.07. The largest absolute Gasteiger partial charge is 0.493 e. The molecule has 1 amide bonds. The maximum atomic E-state index is 12.0. The molecule has 0 bridgehead atoms. The van der Waals surface area contributed by atoms with Crippen molar-refractivity contribution in [1.82, 2.24) is 14.9 Å². The van der Waals surface area contributed by atoms with E-state index < -0.39 is 0 Å². The second kappa shape index (κ2) is 7.96. The monoisotopic (exact) mass is 341 g/mol. The zero-order chi connectivity index (χ0) is 17.6. The van der Waals surface area contributed by atoms with Gasteiger partial charge in [0, 0.05) is 31.6 Å². The van der Waals surface area contributed by atoms with Gasteiger partial charge in [0.15, 0.2) is 11.5 Å². The predicted octanol–water partition coefficient (Wildman–Crippen LogP) is 3.39. The molecule has 1 fully saturated rings. The van der Waals surface area contributed by atoms with Gasteiger partial charge >= 0.3 is 0 Å². The minimum absolute atomic E-state index is 0.193. The van der Waals surface area contributed by atoms with Gasteiger partial charge in [0.2, 0.25) is 11.8 Å². The maximum absolute atomic E-state index is 12.0. The Bertz CT molecular complexity index is 735. The molecule has 1 aromatic carbocycles. The van der Waals surface area contributed by atoms with Crippen LogP contribution in [0.5, 0.6) is 17.4 Å². The number of piperidine rings is 1. The minimum Gasteiger partial charge on any atom is -0.493 e. The third kappa shape index (κ3) is 4.07. The van der Waals surface area contributed by atoms with Crippen molar-refractivity contribution in [2.24, 2.45) is 0 Å². The van der Waals surface area contributed by atoms with Gasteiger partial charge in [-0.2, -0.15) is 0 Å². The number of carbonyl (C=O) groups is 1. The Balaban J connectivity index is 1.76. The van der Waals surface area contributed by atoms with Gasteiger partial charge in [-0.15, -0.1) is 0 Å². The van der Waals surface area contributed by atoms with Crippen LogP contribution < -0.4 is 9.47 Å². The van der Waals surface area contributed by atoms with Crippen LogP contribution in [0.1, 0.15) is 37.8 Å². The van der Waals surface area contributed by atoms with Crippen LogP contribution in [0, 0.1) is 0 Å². The maximum Gasteiger partial charge on any atom is 0.238 e. The predicted molar refractivity (Wildman–Crippen MR) is 93.9 cm³/mol. The molecule has 3 rings (SSSR count). The number of hydrogen-bond donors (Lipinski definition) is 0. The van der Waals surface area contributed by atoms with E-state index in [0.717, 1.165) is 25.1 Å². The van der Waals surface area contributed by atoms with Crippen molar-refractivity contribution < 1.29 is 14.3 Å². The molecule has 25 heavy (non-hydrogen) atoms. The standard InChI is InChI=1S/C19H23N3O3/c1-3-19(23)22-10-6-7-14(13-22)15-11-20-12-18(21-15)25-17-9-5-4-8-16(17)24-2/h4-5,8-9,11-12,14H,3,6-7,10,13H2,1-2H3. The molecule has 0 aliphatic carbocycles. The molecule has 1 aromatic heterocycles. The van der Waals surface area contributed by atoms with Gasteiger partial charge in [0.25, 0.3) is 0 Å². The summed E-state index contributed by atoms with van der Waals surface area (Å²) in [5.41, 5.74) is 0.862. The van der Waals surface area contributed by atoms with Crippen molar-refractivity contribution in [3.8, 4) is 17.4 Å². The lowest BCUT2D eigenvalue weighted by atomic mass is 9.95. The lowest BCUT2D eigenvalue weighted by Crippen LogP contribution is -2.38. The molecule has 1 atom stereocenters. The molecule has 6 heteroatoms. The summed E-state index contributed by atoms with van der Waals surface area (Å²) in [4.78, 5) is 22.8. The quantitative estimate of drug-likeness (QED) is 0.834. The highest BCUT2D eigenvalue weighted by atomic mass is 16.5. The Morgan fingerprint density at radius 1 is 1.28 bits per heavy atom. The molecule has 0 spiro atoms. The summed E-state index contributed by atoms with van der Waals surface area (Å²) in [6, 6.07) is 7.43. The van der Waals surface area contributed by atoms with Crippen LogP contribution in [0.2, 0.25) is 0 Å². The first-order valence-corrected chi connectivity index (χ1v) is 8.61. The van der Waals surface area contributed by atoms with E-state index >= 15 is 0 Å². The highest BCUT2D eigenvalue weighted by Crippen LogP contribution is 2.31. The third-order valence-electron chi connectivity index (χ3n) is 4.41. The molecule has 1 unspecified atom stereocenters. The van der Waals surface area contributed by atoms with Crippen LogP contribution in [-0.4, -0.2) is 41.0 Å². The Hall–Kier alpha value is -2.63. The van der Waals surface area contributed by atoms with Crippen molar-refractivity contribution in [1.29, 1.82) is 0 Å². The number of aromatic nitrogens is 2. The summed E-state index contributed by atoms with van der Waals surface area (Å²) >= 11 is 0. The number of amides is 1. The number of methoxy groups -OCH3 is 1. The van der Waals surface area contributed by atoms with Crippen LogP contribution in [0.3, 0.4) is 0 Å². The molecule has 132 valence electrons. The molecular weight excluding hydrogens is 318 g/mol. The Labute approximate surface area is 147 Å². The topological polar surface area (TPSA) is 64.6 Å². The summed E-state index contributed by atoms with van der Waals surface area (Å²) in [5, 5.41) is 0. The van der Waals surface area contributed by atoms with Crippen molar-refractivity contribution in [2.45, 2.75) is 32.1 Å². The van der Waals surface area contributed by atoms with E-state index in [1.165, 1.54) is 0 Å². The van der Waals surface area contributed by atoms with E-state index in [9.17, 15) is 4.79 Å². The number of para-hydroxylation sites is 2. The smallest absolute Gasteiger partial charge is 0.238 e. The van der Waals surface area contributed by atoms with Gasteiger partial charge in [-0.05, 0) is 25.0 Å². The molecule has 0 radical (unpaired) electrons. The van der Waals surface area contributed by atoms with Gasteiger partial charge in [0.1, 0.15) is 0 Å². The van der Waals surface area contributed by atoms with Crippen LogP contribution in [0.25, 0.3) is 0 Å². The highest BCUT2D eigenvalue weighted by molar-refractivity contribution is 5.76. The first-order chi connectivity index (χ1) is 12.2. The summed E-state index contributed by atoms with van der Waals surface area (Å²) in [6.07, 6.45) is 5.87. The number of ether oxygens (including phenoxy) is 2. The summed E-state index contributed by atoms with van der Waals surface area (Å²) < 4.78 is 11.1. The number of likely N-dealkylation sites (tertiary alicyclic amines) is 1. The minimum atomic E-state index is 0.193. The van der Waals surface area contributed by atoms with Crippen molar-refractivity contribution in [3.05, 3.63) is 42.4 Å².